The van der Waals surface area contributed by atoms with Gasteiger partial charge in [0.05, 0.1) is 0 Å². The lowest BCUT2D eigenvalue weighted by atomic mass is 10.4. The monoisotopic (exact) mass is 223 g/mol. The molecule has 6 heteroatoms. The first-order chi connectivity index (χ1) is 4.63. The van der Waals surface area contributed by atoms with Crippen molar-refractivity contribution in [2.45, 2.75) is 0 Å². The van der Waals surface area contributed by atoms with E-state index in [4.69, 9.17) is 10.2 Å². The van der Waals surface area contributed by atoms with Gasteiger partial charge >= 0.3 is 5.97 Å². The van der Waals surface area contributed by atoms with Crippen LogP contribution in [0.1, 0.15) is 10.5 Å². The number of aromatic carboxylic acids is 1. The van der Waals surface area contributed by atoms with Gasteiger partial charge in [-0.25, -0.2) is 4.79 Å². The molecule has 1 heterocycles. The Morgan fingerprint density at radius 1 is 1.70 bits per heavy atom. The van der Waals surface area contributed by atoms with Gasteiger partial charge in [-0.05, 0) is 27.5 Å². The molecule has 0 amide bonds. The summed E-state index contributed by atoms with van der Waals surface area (Å²) in [6.07, 6.45) is 0. The highest BCUT2D eigenvalue weighted by molar-refractivity contribution is 9.11. The second-order valence-electron chi connectivity index (χ2n) is 1.46. The molecule has 0 atom stereocenters. The Bertz CT molecular complexity index is 271. The standard InChI is InChI=1S/C4H2BrNO3S/c5-3-2(7)1(4(8)9)6-10-3/h7H,(H,8,9). The maximum Gasteiger partial charge on any atom is 0.359 e. The molecule has 0 saturated carbocycles. The molecule has 54 valence electrons. The van der Waals surface area contributed by atoms with Crippen LogP contribution in [0.2, 0.25) is 0 Å². The molecule has 2 N–H and O–H groups in total. The fourth-order valence-electron chi connectivity index (χ4n) is 0.406. The molecule has 0 saturated heterocycles. The van der Waals surface area contributed by atoms with E-state index in [0.29, 0.717) is 3.79 Å². The Labute approximate surface area is 68.4 Å². The number of hydrogen-bond acceptors (Lipinski definition) is 4. The fourth-order valence-corrected chi connectivity index (χ4v) is 1.33. The maximum absolute atomic E-state index is 10.2. The third-order valence-electron chi connectivity index (χ3n) is 0.830. The summed E-state index contributed by atoms with van der Waals surface area (Å²) >= 11 is 3.82. The Morgan fingerprint density at radius 2 is 2.30 bits per heavy atom. The molecule has 10 heavy (non-hydrogen) atoms. The summed E-state index contributed by atoms with van der Waals surface area (Å²) < 4.78 is 3.80. The first-order valence-electron chi connectivity index (χ1n) is 2.20. The minimum Gasteiger partial charge on any atom is -0.504 e. The number of carboxylic acids is 1. The number of halogens is 1. The highest BCUT2D eigenvalue weighted by atomic mass is 79.9. The third-order valence-corrected chi connectivity index (χ3v) is 2.27. The summed E-state index contributed by atoms with van der Waals surface area (Å²) in [5, 5.41) is 17.3. The predicted molar refractivity (Wildman–Crippen MR) is 38.4 cm³/mol. The average Bonchev–Trinajstić information content (AvgIpc) is 2.14. The molecule has 0 aromatic carbocycles. The number of aromatic hydroxyl groups is 1. The molecule has 0 aliphatic rings. The van der Waals surface area contributed by atoms with Gasteiger partial charge in [-0.15, -0.1) is 0 Å². The van der Waals surface area contributed by atoms with Crippen molar-refractivity contribution < 1.29 is 15.0 Å². The molecular weight excluding hydrogens is 222 g/mol. The van der Waals surface area contributed by atoms with Crippen molar-refractivity contribution in [3.8, 4) is 5.75 Å². The van der Waals surface area contributed by atoms with Gasteiger partial charge in [-0.2, -0.15) is 4.37 Å². The summed E-state index contributed by atoms with van der Waals surface area (Å²) in [7, 11) is 0. The zero-order chi connectivity index (χ0) is 7.72. The minimum atomic E-state index is -1.22. The Hall–Kier alpha value is -0.620. The molecule has 0 spiro atoms. The lowest BCUT2D eigenvalue weighted by molar-refractivity contribution is 0.0688. The maximum atomic E-state index is 10.2. The minimum absolute atomic E-state index is 0.308. The lowest BCUT2D eigenvalue weighted by Gasteiger charge is -1.85. The molecule has 4 nitrogen and oxygen atoms in total. The molecule has 0 radical (unpaired) electrons. The highest BCUT2D eigenvalue weighted by Crippen LogP contribution is 2.30. The molecule has 0 aliphatic carbocycles. The zero-order valence-corrected chi connectivity index (χ0v) is 6.94. The van der Waals surface area contributed by atoms with Gasteiger partial charge in [0.15, 0.2) is 5.75 Å². The predicted octanol–water partition coefficient (Wildman–Crippen LogP) is 1.31. The van der Waals surface area contributed by atoms with E-state index < -0.39 is 5.97 Å². The zero-order valence-electron chi connectivity index (χ0n) is 4.54. The van der Waals surface area contributed by atoms with Crippen LogP contribution in [0.5, 0.6) is 5.75 Å². The number of hydrogen-bond donors (Lipinski definition) is 2. The van der Waals surface area contributed by atoms with Gasteiger partial charge in [0.2, 0.25) is 5.69 Å². The van der Waals surface area contributed by atoms with Crippen molar-refractivity contribution in [3.05, 3.63) is 9.48 Å². The Balaban J connectivity index is 3.17. The smallest absolute Gasteiger partial charge is 0.359 e. The van der Waals surface area contributed by atoms with Crippen molar-refractivity contribution in [3.63, 3.8) is 0 Å². The van der Waals surface area contributed by atoms with Crippen molar-refractivity contribution in [1.82, 2.24) is 4.37 Å². The van der Waals surface area contributed by atoms with E-state index in [9.17, 15) is 4.79 Å². The SMILES string of the molecule is O=C(O)c1nsc(Br)c1O. The number of carboxylic acid groups (broad SMARTS) is 1. The van der Waals surface area contributed by atoms with E-state index in [1.165, 1.54) is 0 Å². The molecule has 1 aromatic heterocycles. The van der Waals surface area contributed by atoms with Crippen LogP contribution in [0.3, 0.4) is 0 Å². The van der Waals surface area contributed by atoms with Gasteiger partial charge in [-0.1, -0.05) is 0 Å². The number of nitrogens with zero attached hydrogens (tertiary/aromatic N) is 1. The summed E-state index contributed by atoms with van der Waals surface area (Å²) in [5.74, 6) is -1.53. The van der Waals surface area contributed by atoms with Crippen LogP contribution in [0.4, 0.5) is 0 Å². The molecule has 1 aromatic rings. The van der Waals surface area contributed by atoms with Gasteiger partial charge in [0.25, 0.3) is 0 Å². The topological polar surface area (TPSA) is 70.4 Å². The van der Waals surface area contributed by atoms with Crippen LogP contribution in [-0.4, -0.2) is 20.6 Å². The van der Waals surface area contributed by atoms with E-state index >= 15 is 0 Å². The molecule has 0 fully saturated rings. The molecule has 0 unspecified atom stereocenters. The Kier molecular flexibility index (Phi) is 1.91. The second-order valence-corrected chi connectivity index (χ2v) is 3.55. The first-order valence-corrected chi connectivity index (χ1v) is 3.77. The van der Waals surface area contributed by atoms with Crippen molar-refractivity contribution in [2.75, 3.05) is 0 Å². The van der Waals surface area contributed by atoms with Crippen LogP contribution < -0.4 is 0 Å². The van der Waals surface area contributed by atoms with E-state index in [2.05, 4.69) is 20.3 Å². The first kappa shape index (κ1) is 7.49. The van der Waals surface area contributed by atoms with E-state index in [-0.39, 0.29) is 11.4 Å². The summed E-state index contributed by atoms with van der Waals surface area (Å²) in [6.45, 7) is 0. The lowest BCUT2D eigenvalue weighted by Crippen LogP contribution is -1.95. The summed E-state index contributed by atoms with van der Waals surface area (Å²) in [4.78, 5) is 10.2. The van der Waals surface area contributed by atoms with Crippen LogP contribution in [-0.2, 0) is 0 Å². The average molecular weight is 224 g/mol. The van der Waals surface area contributed by atoms with Crippen LogP contribution in [0.15, 0.2) is 3.79 Å². The molecule has 1 rings (SSSR count). The van der Waals surface area contributed by atoms with Crippen LogP contribution in [0, 0.1) is 0 Å². The molecular formula is C4H2BrNO3S. The van der Waals surface area contributed by atoms with Crippen molar-refractivity contribution in [2.24, 2.45) is 0 Å². The number of carbonyl (C=O) groups is 1. The van der Waals surface area contributed by atoms with Gasteiger partial charge in [-0.3, -0.25) is 0 Å². The fraction of sp³-hybridized carbons (Fsp3) is 0. The van der Waals surface area contributed by atoms with Gasteiger partial charge < -0.3 is 10.2 Å². The summed E-state index contributed by atoms with van der Waals surface area (Å²) in [6, 6.07) is 0. The largest absolute Gasteiger partial charge is 0.504 e. The second kappa shape index (κ2) is 2.55. The van der Waals surface area contributed by atoms with E-state index in [1.807, 2.05) is 0 Å². The molecule has 0 bridgehead atoms. The number of aromatic nitrogens is 1. The van der Waals surface area contributed by atoms with Crippen LogP contribution >= 0.6 is 27.5 Å². The van der Waals surface area contributed by atoms with Crippen molar-refractivity contribution >= 4 is 33.4 Å². The van der Waals surface area contributed by atoms with Crippen molar-refractivity contribution in [1.29, 1.82) is 0 Å². The highest BCUT2D eigenvalue weighted by Gasteiger charge is 2.16. The van der Waals surface area contributed by atoms with Gasteiger partial charge in [0, 0.05) is 0 Å². The van der Waals surface area contributed by atoms with Gasteiger partial charge in [0.1, 0.15) is 3.79 Å². The Morgan fingerprint density at radius 3 is 2.50 bits per heavy atom. The quantitative estimate of drug-likeness (QED) is 0.754. The number of rotatable bonds is 1. The van der Waals surface area contributed by atoms with E-state index in [0.717, 1.165) is 11.5 Å². The van der Waals surface area contributed by atoms with Crippen LogP contribution in [0.25, 0.3) is 0 Å². The third kappa shape index (κ3) is 1.12. The summed E-state index contributed by atoms with van der Waals surface area (Å²) in [5.41, 5.74) is -0.308. The van der Waals surface area contributed by atoms with E-state index in [1.54, 1.807) is 0 Å². The normalized spacial score (nSPS) is 9.70. The molecule has 0 aliphatic heterocycles.